The van der Waals surface area contributed by atoms with E-state index < -0.39 is 0 Å². The summed E-state index contributed by atoms with van der Waals surface area (Å²) in [5, 5.41) is 3.42. The number of benzene rings is 1. The van der Waals surface area contributed by atoms with Crippen molar-refractivity contribution in [2.24, 2.45) is 5.73 Å². The minimum atomic E-state index is 0.211. The summed E-state index contributed by atoms with van der Waals surface area (Å²) in [6, 6.07) is 6.76. The van der Waals surface area contributed by atoms with Crippen LogP contribution in [0.4, 0.5) is 0 Å². The first kappa shape index (κ1) is 11.6. The van der Waals surface area contributed by atoms with Crippen molar-refractivity contribution in [3.05, 3.63) is 34.9 Å². The van der Waals surface area contributed by atoms with E-state index in [2.05, 4.69) is 37.4 Å². The molecule has 3 N–H and O–H groups in total. The molecule has 1 saturated heterocycles. The number of piperidine rings is 1. The molecule has 1 aliphatic heterocycles. The third kappa shape index (κ3) is 2.00. The Morgan fingerprint density at radius 3 is 2.50 bits per heavy atom. The van der Waals surface area contributed by atoms with E-state index in [-0.39, 0.29) is 5.41 Å². The number of hydrogen-bond donors (Lipinski definition) is 2. The van der Waals surface area contributed by atoms with E-state index in [0.29, 0.717) is 0 Å². The predicted octanol–water partition coefficient (Wildman–Crippen LogP) is 1.88. The van der Waals surface area contributed by atoms with Gasteiger partial charge in [-0.3, -0.25) is 0 Å². The first-order chi connectivity index (χ1) is 7.68. The highest BCUT2D eigenvalue weighted by atomic mass is 14.9. The van der Waals surface area contributed by atoms with E-state index in [4.69, 9.17) is 5.73 Å². The lowest BCUT2D eigenvalue weighted by Crippen LogP contribution is -2.45. The van der Waals surface area contributed by atoms with Gasteiger partial charge in [0.25, 0.3) is 0 Å². The van der Waals surface area contributed by atoms with Crippen LogP contribution in [-0.4, -0.2) is 19.6 Å². The van der Waals surface area contributed by atoms with Gasteiger partial charge in [0.2, 0.25) is 0 Å². The summed E-state index contributed by atoms with van der Waals surface area (Å²) in [6.45, 7) is 7.30. The fourth-order valence-electron chi connectivity index (χ4n) is 2.90. The highest BCUT2D eigenvalue weighted by Gasteiger charge is 2.33. The summed E-state index contributed by atoms with van der Waals surface area (Å²) >= 11 is 0. The van der Waals surface area contributed by atoms with Crippen molar-refractivity contribution in [3.8, 4) is 0 Å². The SMILES string of the molecule is Cc1ccc(C2(CN)CCNCC2)c(C)c1. The number of aryl methyl sites for hydroxylation is 2. The molecular weight excluding hydrogens is 196 g/mol. The maximum Gasteiger partial charge on any atom is 0.0102 e. The topological polar surface area (TPSA) is 38.0 Å². The number of nitrogens with two attached hydrogens (primary N) is 1. The Labute approximate surface area is 98.2 Å². The second-order valence-corrected chi connectivity index (χ2v) is 5.05. The van der Waals surface area contributed by atoms with Crippen molar-refractivity contribution in [3.63, 3.8) is 0 Å². The van der Waals surface area contributed by atoms with E-state index in [0.717, 1.165) is 32.5 Å². The summed E-state index contributed by atoms with van der Waals surface area (Å²) in [6.07, 6.45) is 2.32. The van der Waals surface area contributed by atoms with Crippen molar-refractivity contribution in [2.75, 3.05) is 19.6 Å². The molecule has 0 atom stereocenters. The Kier molecular flexibility index (Phi) is 3.31. The van der Waals surface area contributed by atoms with Gasteiger partial charge >= 0.3 is 0 Å². The van der Waals surface area contributed by atoms with Crippen LogP contribution in [0.5, 0.6) is 0 Å². The quantitative estimate of drug-likeness (QED) is 0.795. The average Bonchev–Trinajstić information content (AvgIpc) is 2.30. The smallest absolute Gasteiger partial charge is 0.0102 e. The maximum absolute atomic E-state index is 6.05. The maximum atomic E-state index is 6.05. The number of nitrogens with one attached hydrogen (secondary N) is 1. The zero-order valence-corrected chi connectivity index (χ0v) is 10.3. The second-order valence-electron chi connectivity index (χ2n) is 5.05. The zero-order valence-electron chi connectivity index (χ0n) is 10.3. The largest absolute Gasteiger partial charge is 0.330 e. The molecule has 1 aliphatic rings. The molecular formula is C14H22N2. The summed E-state index contributed by atoms with van der Waals surface area (Å²) in [7, 11) is 0. The third-order valence-corrected chi connectivity index (χ3v) is 3.90. The first-order valence-electron chi connectivity index (χ1n) is 6.16. The molecule has 2 heteroatoms. The van der Waals surface area contributed by atoms with Gasteiger partial charge in [0, 0.05) is 12.0 Å². The molecule has 1 aromatic rings. The van der Waals surface area contributed by atoms with Gasteiger partial charge in [-0.05, 0) is 50.9 Å². The van der Waals surface area contributed by atoms with Crippen LogP contribution in [-0.2, 0) is 5.41 Å². The van der Waals surface area contributed by atoms with Crippen molar-refractivity contribution >= 4 is 0 Å². The fraction of sp³-hybridized carbons (Fsp3) is 0.571. The molecule has 0 bridgehead atoms. The van der Waals surface area contributed by atoms with Gasteiger partial charge in [0.05, 0.1) is 0 Å². The highest BCUT2D eigenvalue weighted by Crippen LogP contribution is 2.34. The van der Waals surface area contributed by atoms with Crippen LogP contribution in [0.1, 0.15) is 29.5 Å². The van der Waals surface area contributed by atoms with Gasteiger partial charge in [-0.15, -0.1) is 0 Å². The second kappa shape index (κ2) is 4.56. The molecule has 0 unspecified atom stereocenters. The lowest BCUT2D eigenvalue weighted by Gasteiger charge is -2.38. The molecule has 1 aromatic carbocycles. The van der Waals surface area contributed by atoms with Crippen LogP contribution < -0.4 is 11.1 Å². The summed E-state index contributed by atoms with van der Waals surface area (Å²) < 4.78 is 0. The van der Waals surface area contributed by atoms with Crippen LogP contribution in [0.25, 0.3) is 0 Å². The van der Waals surface area contributed by atoms with Crippen LogP contribution >= 0.6 is 0 Å². The summed E-state index contributed by atoms with van der Waals surface area (Å²) in [4.78, 5) is 0. The molecule has 0 spiro atoms. The van der Waals surface area contributed by atoms with Crippen molar-refractivity contribution in [1.29, 1.82) is 0 Å². The molecule has 0 amide bonds. The molecule has 2 rings (SSSR count). The van der Waals surface area contributed by atoms with E-state index in [1.165, 1.54) is 16.7 Å². The minimum Gasteiger partial charge on any atom is -0.330 e. The Bertz CT molecular complexity index is 365. The van der Waals surface area contributed by atoms with Crippen molar-refractivity contribution in [2.45, 2.75) is 32.1 Å². The number of rotatable bonds is 2. The molecule has 0 aromatic heterocycles. The minimum absolute atomic E-state index is 0.211. The molecule has 88 valence electrons. The normalized spacial score (nSPS) is 19.7. The predicted molar refractivity (Wildman–Crippen MR) is 68.8 cm³/mol. The average molecular weight is 218 g/mol. The van der Waals surface area contributed by atoms with Crippen LogP contribution in [0, 0.1) is 13.8 Å². The van der Waals surface area contributed by atoms with E-state index >= 15 is 0 Å². The molecule has 2 nitrogen and oxygen atoms in total. The summed E-state index contributed by atoms with van der Waals surface area (Å²) in [5.74, 6) is 0. The fourth-order valence-corrected chi connectivity index (χ4v) is 2.90. The van der Waals surface area contributed by atoms with Crippen molar-refractivity contribution < 1.29 is 0 Å². The molecule has 0 aliphatic carbocycles. The Morgan fingerprint density at radius 1 is 1.25 bits per heavy atom. The first-order valence-corrected chi connectivity index (χ1v) is 6.16. The van der Waals surface area contributed by atoms with E-state index in [1.54, 1.807) is 0 Å². The Hall–Kier alpha value is -0.860. The van der Waals surface area contributed by atoms with Crippen LogP contribution in [0.2, 0.25) is 0 Å². The van der Waals surface area contributed by atoms with E-state index in [9.17, 15) is 0 Å². The van der Waals surface area contributed by atoms with Crippen molar-refractivity contribution in [1.82, 2.24) is 5.32 Å². The lowest BCUT2D eigenvalue weighted by molar-refractivity contribution is 0.314. The lowest BCUT2D eigenvalue weighted by atomic mass is 9.71. The van der Waals surface area contributed by atoms with Gasteiger partial charge in [-0.1, -0.05) is 23.8 Å². The molecule has 1 heterocycles. The van der Waals surface area contributed by atoms with Gasteiger partial charge < -0.3 is 11.1 Å². The van der Waals surface area contributed by atoms with Crippen LogP contribution in [0.3, 0.4) is 0 Å². The monoisotopic (exact) mass is 218 g/mol. The summed E-state index contributed by atoms with van der Waals surface area (Å²) in [5.41, 5.74) is 10.5. The number of hydrogen-bond acceptors (Lipinski definition) is 2. The van der Waals surface area contributed by atoms with Gasteiger partial charge in [0.15, 0.2) is 0 Å². The molecule has 0 radical (unpaired) electrons. The standard InChI is InChI=1S/C14H22N2/c1-11-3-4-13(12(2)9-11)14(10-15)5-7-16-8-6-14/h3-4,9,16H,5-8,10,15H2,1-2H3. The van der Waals surface area contributed by atoms with Gasteiger partial charge in [-0.2, -0.15) is 0 Å². The Morgan fingerprint density at radius 2 is 1.94 bits per heavy atom. The zero-order chi connectivity index (χ0) is 11.6. The highest BCUT2D eigenvalue weighted by molar-refractivity contribution is 5.37. The molecule has 16 heavy (non-hydrogen) atoms. The van der Waals surface area contributed by atoms with Gasteiger partial charge in [-0.25, -0.2) is 0 Å². The third-order valence-electron chi connectivity index (χ3n) is 3.90. The van der Waals surface area contributed by atoms with Gasteiger partial charge in [0.1, 0.15) is 0 Å². The van der Waals surface area contributed by atoms with E-state index in [1.807, 2.05) is 0 Å². The Balaban J connectivity index is 2.39. The molecule has 0 saturated carbocycles. The molecule has 1 fully saturated rings. The van der Waals surface area contributed by atoms with Crippen LogP contribution in [0.15, 0.2) is 18.2 Å².